The van der Waals surface area contributed by atoms with Gasteiger partial charge in [-0.15, -0.1) is 0 Å². The Morgan fingerprint density at radius 1 is 1.05 bits per heavy atom. The molecule has 0 aliphatic rings. The third kappa shape index (κ3) is 4.17. The third-order valence-corrected chi connectivity index (χ3v) is 3.02. The highest BCUT2D eigenvalue weighted by molar-refractivity contribution is 7.80. The first-order chi connectivity index (χ1) is 10.3. The van der Waals surface area contributed by atoms with Gasteiger partial charge in [-0.1, -0.05) is 12.1 Å². The highest BCUT2D eigenvalue weighted by Gasteiger charge is 2.30. The molecule has 0 spiro atoms. The van der Waals surface area contributed by atoms with Crippen LogP contribution in [0.4, 0.5) is 28.9 Å². The minimum atomic E-state index is -4.43. The van der Waals surface area contributed by atoms with E-state index in [4.69, 9.17) is 12.2 Å². The van der Waals surface area contributed by atoms with Crippen LogP contribution in [0.15, 0.2) is 42.5 Å². The minimum absolute atomic E-state index is 0.00192. The first-order valence-corrected chi connectivity index (χ1v) is 6.68. The molecule has 0 aliphatic heterocycles. The summed E-state index contributed by atoms with van der Waals surface area (Å²) in [7, 11) is 0. The van der Waals surface area contributed by atoms with E-state index in [1.54, 1.807) is 13.0 Å². The van der Waals surface area contributed by atoms with Crippen molar-refractivity contribution in [1.82, 2.24) is 0 Å². The molecule has 0 aromatic heterocycles. The van der Waals surface area contributed by atoms with Crippen LogP contribution in [0.1, 0.15) is 11.1 Å². The van der Waals surface area contributed by atoms with Gasteiger partial charge < -0.3 is 10.6 Å². The van der Waals surface area contributed by atoms with Gasteiger partial charge in [-0.05, 0) is 55.0 Å². The maximum atomic E-state index is 13.7. The van der Waals surface area contributed by atoms with Crippen LogP contribution in [0.25, 0.3) is 0 Å². The van der Waals surface area contributed by atoms with Crippen molar-refractivity contribution in [3.8, 4) is 0 Å². The Morgan fingerprint density at radius 2 is 1.77 bits per heavy atom. The zero-order valence-corrected chi connectivity index (χ0v) is 12.3. The molecule has 0 saturated carbocycles. The summed E-state index contributed by atoms with van der Waals surface area (Å²) in [5, 5.41) is 5.21. The predicted octanol–water partition coefficient (Wildman–Crippen LogP) is 4.96. The van der Waals surface area contributed by atoms with E-state index in [1.807, 2.05) is 0 Å². The Bertz CT molecular complexity index is 698. The molecule has 0 atom stereocenters. The van der Waals surface area contributed by atoms with Crippen LogP contribution >= 0.6 is 12.2 Å². The number of alkyl halides is 3. The van der Waals surface area contributed by atoms with E-state index in [0.717, 1.165) is 17.7 Å². The summed E-state index contributed by atoms with van der Waals surface area (Å²) in [6, 6.07) is 9.12. The van der Waals surface area contributed by atoms with Gasteiger partial charge in [-0.25, -0.2) is 4.39 Å². The molecule has 2 rings (SSSR count). The molecule has 0 heterocycles. The number of hydrogen-bond acceptors (Lipinski definition) is 1. The van der Waals surface area contributed by atoms with E-state index in [-0.39, 0.29) is 16.5 Å². The smallest absolute Gasteiger partial charge is 0.332 e. The van der Waals surface area contributed by atoms with Crippen molar-refractivity contribution in [2.75, 3.05) is 10.6 Å². The number of aryl methyl sites for hydroxylation is 1. The molecule has 2 nitrogen and oxygen atoms in total. The molecule has 22 heavy (non-hydrogen) atoms. The number of anilines is 2. The van der Waals surface area contributed by atoms with Crippen molar-refractivity contribution in [1.29, 1.82) is 0 Å². The maximum Gasteiger partial charge on any atom is 0.416 e. The molecule has 2 aromatic rings. The van der Waals surface area contributed by atoms with Gasteiger partial charge in [0.25, 0.3) is 0 Å². The zero-order valence-electron chi connectivity index (χ0n) is 11.5. The number of benzene rings is 2. The molecule has 116 valence electrons. The molecule has 2 aromatic carbocycles. The van der Waals surface area contributed by atoms with Gasteiger partial charge in [0.15, 0.2) is 5.11 Å². The highest BCUT2D eigenvalue weighted by atomic mass is 32.1. The van der Waals surface area contributed by atoms with Crippen LogP contribution < -0.4 is 10.6 Å². The van der Waals surface area contributed by atoms with E-state index in [0.29, 0.717) is 0 Å². The van der Waals surface area contributed by atoms with Crippen LogP contribution in [0, 0.1) is 12.7 Å². The number of rotatable bonds is 2. The van der Waals surface area contributed by atoms with E-state index in [9.17, 15) is 17.6 Å². The SMILES string of the molecule is Cc1ccc(NC(=S)Nc2cccc(C(F)(F)F)c2)c(F)c1. The van der Waals surface area contributed by atoms with Crippen LogP contribution in [-0.2, 0) is 6.18 Å². The Balaban J connectivity index is 2.09. The lowest BCUT2D eigenvalue weighted by Crippen LogP contribution is -2.20. The summed E-state index contributed by atoms with van der Waals surface area (Å²) in [5.41, 5.74) is 0.275. The molecule has 2 N–H and O–H groups in total. The lowest BCUT2D eigenvalue weighted by molar-refractivity contribution is -0.137. The molecular formula is C15H12F4N2S. The molecule has 0 amide bonds. The molecule has 0 unspecified atom stereocenters. The van der Waals surface area contributed by atoms with Gasteiger partial charge >= 0.3 is 6.18 Å². The summed E-state index contributed by atoms with van der Waals surface area (Å²) < 4.78 is 51.5. The van der Waals surface area contributed by atoms with Crippen LogP contribution in [0.3, 0.4) is 0 Å². The Hall–Kier alpha value is -2.15. The van der Waals surface area contributed by atoms with Gasteiger partial charge in [0.1, 0.15) is 5.82 Å². The molecule has 0 fully saturated rings. The summed E-state index contributed by atoms with van der Waals surface area (Å²) in [5.74, 6) is -0.492. The van der Waals surface area contributed by atoms with Crippen LogP contribution in [0.5, 0.6) is 0 Å². The fourth-order valence-electron chi connectivity index (χ4n) is 1.78. The number of hydrogen-bond donors (Lipinski definition) is 2. The molecular weight excluding hydrogens is 316 g/mol. The molecule has 0 saturated heterocycles. The Labute approximate surface area is 130 Å². The van der Waals surface area contributed by atoms with Gasteiger partial charge in [0.05, 0.1) is 11.3 Å². The van der Waals surface area contributed by atoms with Gasteiger partial charge in [0, 0.05) is 5.69 Å². The Morgan fingerprint density at radius 3 is 2.41 bits per heavy atom. The second-order valence-electron chi connectivity index (χ2n) is 4.64. The van der Waals surface area contributed by atoms with Gasteiger partial charge in [-0.2, -0.15) is 13.2 Å². The van der Waals surface area contributed by atoms with E-state index >= 15 is 0 Å². The van der Waals surface area contributed by atoms with Crippen molar-refractivity contribution < 1.29 is 17.6 Å². The molecule has 0 radical (unpaired) electrons. The molecule has 7 heteroatoms. The zero-order chi connectivity index (χ0) is 16.3. The van der Waals surface area contributed by atoms with Crippen LogP contribution in [0.2, 0.25) is 0 Å². The number of halogens is 4. The number of thiocarbonyl (C=S) groups is 1. The second kappa shape index (κ2) is 6.31. The molecule has 0 aliphatic carbocycles. The third-order valence-electron chi connectivity index (χ3n) is 2.82. The van der Waals surface area contributed by atoms with E-state index in [1.165, 1.54) is 24.3 Å². The van der Waals surface area contributed by atoms with Gasteiger partial charge in [0.2, 0.25) is 0 Å². The fraction of sp³-hybridized carbons (Fsp3) is 0.133. The quantitative estimate of drug-likeness (QED) is 0.602. The highest BCUT2D eigenvalue weighted by Crippen LogP contribution is 2.30. The maximum absolute atomic E-state index is 13.7. The second-order valence-corrected chi connectivity index (χ2v) is 5.05. The van der Waals surface area contributed by atoms with Gasteiger partial charge in [-0.3, -0.25) is 0 Å². The van der Waals surface area contributed by atoms with E-state index < -0.39 is 17.6 Å². The molecule has 0 bridgehead atoms. The lowest BCUT2D eigenvalue weighted by Gasteiger charge is -2.13. The normalized spacial score (nSPS) is 11.1. The fourth-order valence-corrected chi connectivity index (χ4v) is 2.01. The minimum Gasteiger partial charge on any atom is -0.332 e. The van der Waals surface area contributed by atoms with E-state index in [2.05, 4.69) is 10.6 Å². The summed E-state index contributed by atoms with van der Waals surface area (Å²) in [6.07, 6.45) is -4.43. The first-order valence-electron chi connectivity index (χ1n) is 6.27. The summed E-state index contributed by atoms with van der Waals surface area (Å²) >= 11 is 4.98. The van der Waals surface area contributed by atoms with Crippen molar-refractivity contribution in [2.24, 2.45) is 0 Å². The average molecular weight is 328 g/mol. The van der Waals surface area contributed by atoms with Crippen molar-refractivity contribution >= 4 is 28.7 Å². The van der Waals surface area contributed by atoms with Crippen molar-refractivity contribution in [3.63, 3.8) is 0 Å². The Kier molecular flexibility index (Phi) is 4.65. The summed E-state index contributed by atoms with van der Waals surface area (Å²) in [6.45, 7) is 1.74. The summed E-state index contributed by atoms with van der Waals surface area (Å²) in [4.78, 5) is 0. The predicted molar refractivity (Wildman–Crippen MR) is 82.4 cm³/mol. The topological polar surface area (TPSA) is 24.1 Å². The van der Waals surface area contributed by atoms with Crippen molar-refractivity contribution in [3.05, 3.63) is 59.4 Å². The average Bonchev–Trinajstić information content (AvgIpc) is 2.41. The largest absolute Gasteiger partial charge is 0.416 e. The van der Waals surface area contributed by atoms with Crippen molar-refractivity contribution in [2.45, 2.75) is 13.1 Å². The first kappa shape index (κ1) is 16.2. The monoisotopic (exact) mass is 328 g/mol. The lowest BCUT2D eigenvalue weighted by atomic mass is 10.2. The van der Waals surface area contributed by atoms with Crippen LogP contribution in [-0.4, -0.2) is 5.11 Å². The number of nitrogens with one attached hydrogen (secondary N) is 2. The standard InChI is InChI=1S/C15H12F4N2S/c1-9-5-6-13(12(16)7-9)21-14(22)20-11-4-2-3-10(8-11)15(17,18)19/h2-8H,1H3,(H2,20,21,22).